The van der Waals surface area contributed by atoms with Crippen molar-refractivity contribution in [3.05, 3.63) is 83.9 Å². The van der Waals surface area contributed by atoms with E-state index in [1.54, 1.807) is 24.5 Å². The highest BCUT2D eigenvalue weighted by molar-refractivity contribution is 7.22. The van der Waals surface area contributed by atoms with Gasteiger partial charge in [-0.05, 0) is 59.0 Å². The monoisotopic (exact) mass is 458 g/mol. The topological polar surface area (TPSA) is 44.8 Å². The Morgan fingerprint density at radius 1 is 0.939 bits per heavy atom. The van der Waals surface area contributed by atoms with Crippen LogP contribution in [0.25, 0.3) is 26.6 Å². The summed E-state index contributed by atoms with van der Waals surface area (Å²) >= 11 is 1.71. The van der Waals surface area contributed by atoms with Crippen molar-refractivity contribution in [3.8, 4) is 27.7 Å². The number of thiophene rings is 1. The summed E-state index contributed by atoms with van der Waals surface area (Å²) in [6.45, 7) is 4.41. The minimum absolute atomic E-state index is 0.384. The number of hydrogen-bond donors (Lipinski definition) is 0. The van der Waals surface area contributed by atoms with E-state index in [0.717, 1.165) is 37.8 Å². The van der Waals surface area contributed by atoms with Gasteiger partial charge in [-0.25, -0.2) is 4.79 Å². The summed E-state index contributed by atoms with van der Waals surface area (Å²) in [6, 6.07) is 22.2. The van der Waals surface area contributed by atoms with E-state index < -0.39 is 0 Å². The fraction of sp³-hybridized carbons (Fsp3) is 0.179. The number of carbonyl (C=O) groups excluding carboxylic acids is 1. The van der Waals surface area contributed by atoms with Gasteiger partial charge >= 0.3 is 5.97 Å². The van der Waals surface area contributed by atoms with Gasteiger partial charge in [-0.3, -0.25) is 0 Å². The van der Waals surface area contributed by atoms with Gasteiger partial charge in [0.1, 0.15) is 11.5 Å². The molecule has 1 aromatic heterocycles. The minimum Gasteiger partial charge on any atom is -0.497 e. The molecule has 0 saturated heterocycles. The van der Waals surface area contributed by atoms with Gasteiger partial charge in [0.25, 0.3) is 0 Å². The normalized spacial score (nSPS) is 11.3. The van der Waals surface area contributed by atoms with Crippen molar-refractivity contribution in [3.63, 3.8) is 0 Å². The third kappa shape index (κ3) is 4.94. The number of hydrogen-bond acceptors (Lipinski definition) is 5. The van der Waals surface area contributed by atoms with Crippen molar-refractivity contribution in [2.75, 3.05) is 14.2 Å². The third-order valence-corrected chi connectivity index (χ3v) is 6.56. The second-order valence-corrected chi connectivity index (χ2v) is 8.94. The van der Waals surface area contributed by atoms with Gasteiger partial charge in [0.2, 0.25) is 0 Å². The Hall–Kier alpha value is -3.57. The van der Waals surface area contributed by atoms with E-state index in [0.29, 0.717) is 5.92 Å². The van der Waals surface area contributed by atoms with Crippen LogP contribution < -0.4 is 9.47 Å². The molecule has 0 fully saturated rings. The predicted molar refractivity (Wildman–Crippen MR) is 135 cm³/mol. The summed E-state index contributed by atoms with van der Waals surface area (Å²) in [6.07, 6.45) is 3.11. The Balaban J connectivity index is 1.77. The molecule has 33 heavy (non-hydrogen) atoms. The number of rotatable bonds is 7. The zero-order chi connectivity index (χ0) is 23.4. The first kappa shape index (κ1) is 22.6. The molecule has 0 spiro atoms. The van der Waals surface area contributed by atoms with Crippen molar-refractivity contribution in [1.29, 1.82) is 0 Å². The van der Waals surface area contributed by atoms with Crippen molar-refractivity contribution in [2.45, 2.75) is 19.8 Å². The highest BCUT2D eigenvalue weighted by Crippen LogP contribution is 2.48. The zero-order valence-corrected chi connectivity index (χ0v) is 19.9. The molecule has 1 heterocycles. The van der Waals surface area contributed by atoms with E-state index in [4.69, 9.17) is 9.47 Å². The summed E-state index contributed by atoms with van der Waals surface area (Å²) in [4.78, 5) is 12.4. The Labute approximate surface area is 198 Å². The molecule has 0 unspecified atom stereocenters. The maximum atomic E-state index is 11.3. The lowest BCUT2D eigenvalue weighted by molar-refractivity contribution is -0.134. The van der Waals surface area contributed by atoms with Crippen molar-refractivity contribution >= 4 is 33.5 Å². The van der Waals surface area contributed by atoms with Crippen molar-refractivity contribution < 1.29 is 19.0 Å². The lowest BCUT2D eigenvalue weighted by Crippen LogP contribution is -1.93. The van der Waals surface area contributed by atoms with E-state index in [1.165, 1.54) is 24.3 Å². The van der Waals surface area contributed by atoms with Crippen molar-refractivity contribution in [1.82, 2.24) is 0 Å². The highest BCUT2D eigenvalue weighted by atomic mass is 32.1. The SMILES string of the molecule is COC(=O)C=Cc1ccc(Oc2c(-c3ccccc3C(C)C)sc3cc(OC)ccc23)cc1. The van der Waals surface area contributed by atoms with Crippen LogP contribution in [0, 0.1) is 0 Å². The predicted octanol–water partition coefficient (Wildman–Crippen LogP) is 7.68. The number of benzene rings is 3. The Kier molecular flexibility index (Phi) is 6.80. The molecule has 3 aromatic carbocycles. The summed E-state index contributed by atoms with van der Waals surface area (Å²) < 4.78 is 17.7. The van der Waals surface area contributed by atoms with Crippen LogP contribution in [-0.2, 0) is 9.53 Å². The molecule has 168 valence electrons. The average Bonchev–Trinajstić information content (AvgIpc) is 3.20. The fourth-order valence-electron chi connectivity index (χ4n) is 3.66. The molecule has 0 aliphatic carbocycles. The van der Waals surface area contributed by atoms with Crippen LogP contribution >= 0.6 is 11.3 Å². The largest absolute Gasteiger partial charge is 0.497 e. The van der Waals surface area contributed by atoms with Gasteiger partial charge in [0.05, 0.1) is 19.1 Å². The number of ether oxygens (including phenoxy) is 3. The minimum atomic E-state index is -0.385. The molecule has 0 saturated carbocycles. The molecule has 4 aromatic rings. The van der Waals surface area contributed by atoms with Gasteiger partial charge < -0.3 is 14.2 Å². The lowest BCUT2D eigenvalue weighted by Gasteiger charge is -2.14. The second kappa shape index (κ2) is 9.92. The highest BCUT2D eigenvalue weighted by Gasteiger charge is 2.20. The summed E-state index contributed by atoms with van der Waals surface area (Å²) in [5.74, 6) is 2.38. The van der Waals surface area contributed by atoms with Crippen molar-refractivity contribution in [2.24, 2.45) is 0 Å². The first-order valence-electron chi connectivity index (χ1n) is 10.7. The van der Waals surface area contributed by atoms with E-state index in [2.05, 4.69) is 55.0 Å². The summed E-state index contributed by atoms with van der Waals surface area (Å²) in [5, 5.41) is 1.05. The first-order chi connectivity index (χ1) is 16.0. The van der Waals surface area contributed by atoms with Crippen LogP contribution in [0.5, 0.6) is 17.2 Å². The number of methoxy groups -OCH3 is 2. The smallest absolute Gasteiger partial charge is 0.330 e. The Morgan fingerprint density at radius 3 is 2.36 bits per heavy atom. The molecular weight excluding hydrogens is 432 g/mol. The Morgan fingerprint density at radius 2 is 1.67 bits per heavy atom. The van der Waals surface area contributed by atoms with E-state index in [1.807, 2.05) is 30.3 Å². The number of carbonyl (C=O) groups is 1. The van der Waals surface area contributed by atoms with E-state index in [-0.39, 0.29) is 5.97 Å². The summed E-state index contributed by atoms with van der Waals surface area (Å²) in [5.41, 5.74) is 3.35. The van der Waals surface area contributed by atoms with Crippen LogP contribution in [0.4, 0.5) is 0 Å². The van der Waals surface area contributed by atoms with Crippen LogP contribution in [0.1, 0.15) is 30.9 Å². The molecule has 0 atom stereocenters. The standard InChI is InChI=1S/C28H26O4S/c1-18(2)22-7-5-6-8-23(22)28-27(24-15-14-21(30-3)17-25(24)33-28)32-20-12-9-19(10-13-20)11-16-26(29)31-4/h5-18H,1-4H3. The van der Waals surface area contributed by atoms with Gasteiger partial charge in [0.15, 0.2) is 5.75 Å². The maximum Gasteiger partial charge on any atom is 0.330 e. The molecule has 4 rings (SSSR count). The van der Waals surface area contributed by atoms with Crippen LogP contribution in [-0.4, -0.2) is 20.2 Å². The lowest BCUT2D eigenvalue weighted by atomic mass is 9.96. The third-order valence-electron chi connectivity index (χ3n) is 5.39. The van der Waals surface area contributed by atoms with E-state index >= 15 is 0 Å². The van der Waals surface area contributed by atoms with Crippen LogP contribution in [0.15, 0.2) is 72.8 Å². The van der Waals surface area contributed by atoms with E-state index in [9.17, 15) is 4.79 Å². The number of fused-ring (bicyclic) bond motifs is 1. The molecule has 0 aliphatic rings. The molecule has 0 aliphatic heterocycles. The van der Waals surface area contributed by atoms with Gasteiger partial charge in [-0.2, -0.15) is 0 Å². The quantitative estimate of drug-likeness (QED) is 0.210. The second-order valence-electron chi connectivity index (χ2n) is 7.89. The average molecular weight is 459 g/mol. The molecule has 5 heteroatoms. The maximum absolute atomic E-state index is 11.3. The van der Waals surface area contributed by atoms with Gasteiger partial charge in [-0.15, -0.1) is 11.3 Å². The molecule has 4 nitrogen and oxygen atoms in total. The first-order valence-corrected chi connectivity index (χ1v) is 11.6. The van der Waals surface area contributed by atoms with Crippen LogP contribution in [0.3, 0.4) is 0 Å². The molecular formula is C28H26O4S. The molecule has 0 bridgehead atoms. The van der Waals surface area contributed by atoms with Crippen LogP contribution in [0.2, 0.25) is 0 Å². The Bertz CT molecular complexity index is 1300. The zero-order valence-electron chi connectivity index (χ0n) is 19.1. The molecule has 0 amide bonds. The van der Waals surface area contributed by atoms with Gasteiger partial charge in [-0.1, -0.05) is 50.2 Å². The number of esters is 1. The molecule has 0 radical (unpaired) electrons. The summed E-state index contributed by atoms with van der Waals surface area (Å²) in [7, 11) is 3.04. The fourth-order valence-corrected chi connectivity index (χ4v) is 4.87. The molecule has 0 N–H and O–H groups in total. The van der Waals surface area contributed by atoms with Gasteiger partial charge in [0, 0.05) is 16.2 Å².